The second kappa shape index (κ2) is 7.64. The van der Waals surface area contributed by atoms with Gasteiger partial charge in [-0.25, -0.2) is 0 Å². The average molecular weight is 411 g/mol. The minimum atomic E-state index is -0.632. The molecule has 1 heterocycles. The molecular weight excluding hydrogens is 388 g/mol. The zero-order chi connectivity index (χ0) is 20.7. The summed E-state index contributed by atoms with van der Waals surface area (Å²) in [6, 6.07) is 9.73. The first-order valence-corrected chi connectivity index (χ1v) is 10.2. The highest BCUT2D eigenvalue weighted by atomic mass is 35.5. The van der Waals surface area contributed by atoms with Crippen LogP contribution in [0.3, 0.4) is 0 Å². The normalized spacial score (nSPS) is 19.3. The molecule has 2 aromatic carbocycles. The largest absolute Gasteiger partial charge is 0.424 e. The first-order valence-electron chi connectivity index (χ1n) is 9.77. The molecule has 0 amide bonds. The lowest BCUT2D eigenvalue weighted by atomic mass is 9.86. The van der Waals surface area contributed by atoms with Crippen molar-refractivity contribution in [3.05, 3.63) is 57.6 Å². The van der Waals surface area contributed by atoms with Crippen LogP contribution >= 0.6 is 11.6 Å². The second-order valence-corrected chi connectivity index (χ2v) is 8.30. The Hall–Kier alpha value is -2.66. The maximum Gasteiger partial charge on any atom is 0.295 e. The number of hydrogen-bond donors (Lipinski definition) is 1. The van der Waals surface area contributed by atoms with Crippen molar-refractivity contribution < 1.29 is 14.0 Å². The number of rotatable bonds is 5. The van der Waals surface area contributed by atoms with Crippen LogP contribution in [0.2, 0.25) is 5.02 Å². The van der Waals surface area contributed by atoms with Crippen molar-refractivity contribution in [1.29, 1.82) is 0 Å². The Labute approximate surface area is 174 Å². The Bertz CT molecular complexity index is 1100. The first-order chi connectivity index (χ1) is 13.8. The number of ketones is 2. The summed E-state index contributed by atoms with van der Waals surface area (Å²) in [5.41, 5.74) is 5.38. The van der Waals surface area contributed by atoms with Crippen molar-refractivity contribution in [2.24, 2.45) is 5.92 Å². The average Bonchev–Trinajstić information content (AvgIpc) is 3.16. The molecular formula is C23H23ClN2O3. The van der Waals surface area contributed by atoms with Crippen LogP contribution in [0.1, 0.15) is 41.0 Å². The standard InChI is InChI=1S/C23H23ClN2O3/c1-12-8-13(2)20(14(3)9-12)21-18(27)10-15(22(21)28)6-7-25-23-26-17-5-4-16(24)11-19(17)29-23/h4-5,8-9,11,15,21H,6-7,10H2,1-3H3,(H,25,26). The van der Waals surface area contributed by atoms with E-state index in [2.05, 4.69) is 10.3 Å². The SMILES string of the molecule is Cc1cc(C)c(C2C(=O)CC(CCNc3nc4ccc(Cl)cc4o3)C2=O)c(C)c1. The minimum Gasteiger partial charge on any atom is -0.424 e. The Balaban J connectivity index is 1.44. The molecule has 5 nitrogen and oxygen atoms in total. The molecule has 1 aliphatic carbocycles. The van der Waals surface area contributed by atoms with Crippen LogP contribution in [0.25, 0.3) is 11.1 Å². The molecule has 29 heavy (non-hydrogen) atoms. The number of anilines is 1. The molecule has 1 aliphatic rings. The van der Waals surface area contributed by atoms with Crippen LogP contribution in [-0.2, 0) is 9.59 Å². The number of nitrogens with zero attached hydrogens (tertiary/aromatic N) is 1. The smallest absolute Gasteiger partial charge is 0.295 e. The fourth-order valence-electron chi connectivity index (χ4n) is 4.38. The van der Waals surface area contributed by atoms with E-state index in [1.54, 1.807) is 18.2 Å². The van der Waals surface area contributed by atoms with Crippen LogP contribution in [0, 0.1) is 26.7 Å². The number of aromatic nitrogens is 1. The molecule has 3 aromatic rings. The van der Waals surface area contributed by atoms with Crippen LogP contribution in [0.4, 0.5) is 6.01 Å². The molecule has 0 aliphatic heterocycles. The van der Waals surface area contributed by atoms with Crippen molar-refractivity contribution in [1.82, 2.24) is 4.98 Å². The molecule has 0 saturated heterocycles. The third kappa shape index (κ3) is 3.79. The first kappa shape index (κ1) is 19.6. The molecule has 6 heteroatoms. The van der Waals surface area contributed by atoms with E-state index in [4.69, 9.17) is 16.0 Å². The number of halogens is 1. The summed E-state index contributed by atoms with van der Waals surface area (Å²) < 4.78 is 5.64. The molecule has 1 saturated carbocycles. The van der Waals surface area contributed by atoms with E-state index in [0.29, 0.717) is 36.0 Å². The Morgan fingerprint density at radius 1 is 1.14 bits per heavy atom. The number of carbonyl (C=O) groups excluding carboxylic acids is 2. The van der Waals surface area contributed by atoms with E-state index in [1.165, 1.54) is 0 Å². The van der Waals surface area contributed by atoms with Gasteiger partial charge in [0.05, 0.1) is 0 Å². The lowest BCUT2D eigenvalue weighted by molar-refractivity contribution is -0.124. The maximum absolute atomic E-state index is 13.0. The van der Waals surface area contributed by atoms with Crippen molar-refractivity contribution in [2.75, 3.05) is 11.9 Å². The predicted octanol–water partition coefficient (Wildman–Crippen LogP) is 5.15. The zero-order valence-corrected chi connectivity index (χ0v) is 17.5. The van der Waals surface area contributed by atoms with Gasteiger partial charge in [0.25, 0.3) is 6.01 Å². The monoisotopic (exact) mass is 410 g/mol. The van der Waals surface area contributed by atoms with Gasteiger partial charge in [0, 0.05) is 30.0 Å². The Morgan fingerprint density at radius 3 is 2.59 bits per heavy atom. The van der Waals surface area contributed by atoms with Crippen LogP contribution in [-0.4, -0.2) is 23.1 Å². The summed E-state index contributed by atoms with van der Waals surface area (Å²) >= 11 is 5.97. The summed E-state index contributed by atoms with van der Waals surface area (Å²) in [5, 5.41) is 3.70. The number of carbonyl (C=O) groups is 2. The van der Waals surface area contributed by atoms with Gasteiger partial charge in [-0.1, -0.05) is 29.3 Å². The van der Waals surface area contributed by atoms with Crippen LogP contribution in [0.5, 0.6) is 0 Å². The third-order valence-electron chi connectivity index (χ3n) is 5.60. The molecule has 1 fully saturated rings. The summed E-state index contributed by atoms with van der Waals surface area (Å²) in [6.45, 7) is 6.48. The van der Waals surface area contributed by atoms with E-state index >= 15 is 0 Å². The molecule has 2 unspecified atom stereocenters. The summed E-state index contributed by atoms with van der Waals surface area (Å²) in [4.78, 5) is 30.1. The number of aryl methyl sites for hydroxylation is 3. The second-order valence-electron chi connectivity index (χ2n) is 7.86. The van der Waals surface area contributed by atoms with Gasteiger partial charge in [0.1, 0.15) is 17.2 Å². The van der Waals surface area contributed by atoms with Gasteiger partial charge in [-0.3, -0.25) is 9.59 Å². The van der Waals surface area contributed by atoms with Gasteiger partial charge >= 0.3 is 0 Å². The lowest BCUT2D eigenvalue weighted by Gasteiger charge is -2.16. The molecule has 0 radical (unpaired) electrons. The maximum atomic E-state index is 13.0. The molecule has 2 atom stereocenters. The molecule has 1 aromatic heterocycles. The van der Waals surface area contributed by atoms with Crippen molar-refractivity contribution in [3.8, 4) is 0 Å². The van der Waals surface area contributed by atoms with Crippen molar-refractivity contribution in [3.63, 3.8) is 0 Å². The van der Waals surface area contributed by atoms with E-state index in [-0.39, 0.29) is 17.5 Å². The highest BCUT2D eigenvalue weighted by Gasteiger charge is 2.42. The lowest BCUT2D eigenvalue weighted by Crippen LogP contribution is -2.19. The number of Topliss-reactive ketones (excluding diaryl/α,β-unsaturated/α-hetero) is 2. The number of fused-ring (bicyclic) bond motifs is 1. The van der Waals surface area contributed by atoms with Gasteiger partial charge in [0.2, 0.25) is 0 Å². The van der Waals surface area contributed by atoms with Gasteiger partial charge < -0.3 is 9.73 Å². The summed E-state index contributed by atoms with van der Waals surface area (Å²) in [5.74, 6) is -0.867. The van der Waals surface area contributed by atoms with E-state index in [9.17, 15) is 9.59 Å². The highest BCUT2D eigenvalue weighted by Crippen LogP contribution is 2.37. The van der Waals surface area contributed by atoms with Gasteiger partial charge in [-0.2, -0.15) is 4.98 Å². The van der Waals surface area contributed by atoms with Crippen LogP contribution in [0.15, 0.2) is 34.7 Å². The van der Waals surface area contributed by atoms with Crippen molar-refractivity contribution >= 4 is 40.3 Å². The minimum absolute atomic E-state index is 0.0200. The fourth-order valence-corrected chi connectivity index (χ4v) is 4.54. The number of nitrogens with one attached hydrogen (secondary N) is 1. The number of benzene rings is 2. The van der Waals surface area contributed by atoms with Gasteiger partial charge in [-0.05, 0) is 56.0 Å². The quantitative estimate of drug-likeness (QED) is 0.589. The van der Waals surface area contributed by atoms with Gasteiger partial charge in [-0.15, -0.1) is 0 Å². The Kier molecular flexibility index (Phi) is 5.17. The summed E-state index contributed by atoms with van der Waals surface area (Å²) in [7, 11) is 0. The van der Waals surface area contributed by atoms with E-state index in [0.717, 1.165) is 27.8 Å². The highest BCUT2D eigenvalue weighted by molar-refractivity contribution is 6.31. The van der Waals surface area contributed by atoms with Crippen molar-refractivity contribution in [2.45, 2.75) is 39.5 Å². The van der Waals surface area contributed by atoms with E-state index < -0.39 is 5.92 Å². The molecule has 4 rings (SSSR count). The van der Waals surface area contributed by atoms with Crippen LogP contribution < -0.4 is 5.32 Å². The molecule has 0 bridgehead atoms. The number of hydrogen-bond acceptors (Lipinski definition) is 5. The molecule has 1 N–H and O–H groups in total. The molecule has 150 valence electrons. The topological polar surface area (TPSA) is 72.2 Å². The van der Waals surface area contributed by atoms with E-state index in [1.807, 2.05) is 32.9 Å². The predicted molar refractivity (Wildman–Crippen MR) is 114 cm³/mol. The Morgan fingerprint density at radius 2 is 1.86 bits per heavy atom. The molecule has 0 spiro atoms. The third-order valence-corrected chi connectivity index (χ3v) is 5.84. The number of oxazole rings is 1. The van der Waals surface area contributed by atoms with Gasteiger partial charge in [0.15, 0.2) is 11.4 Å². The summed E-state index contributed by atoms with van der Waals surface area (Å²) in [6.07, 6.45) is 0.853. The zero-order valence-electron chi connectivity index (χ0n) is 16.7. The fraction of sp³-hybridized carbons (Fsp3) is 0.348.